The lowest BCUT2D eigenvalue weighted by atomic mass is 10.0. The Hall–Kier alpha value is -0.380. The van der Waals surface area contributed by atoms with Crippen molar-refractivity contribution in [1.82, 2.24) is 8.61 Å². The third kappa shape index (κ3) is 4.90. The van der Waals surface area contributed by atoms with Crippen LogP contribution in [0.1, 0.15) is 19.3 Å². The van der Waals surface area contributed by atoms with Crippen molar-refractivity contribution in [3.05, 3.63) is 0 Å². The summed E-state index contributed by atoms with van der Waals surface area (Å²) in [6.45, 7) is -0.255. The molecule has 1 aliphatic rings. The molecule has 1 unspecified atom stereocenters. The Morgan fingerprint density at radius 1 is 1.42 bits per heavy atom. The molecule has 1 N–H and O–H groups in total. The van der Waals surface area contributed by atoms with Gasteiger partial charge in [-0.3, -0.25) is 0 Å². The summed E-state index contributed by atoms with van der Waals surface area (Å²) in [7, 11) is -2.73. The second-order valence-corrected chi connectivity index (χ2v) is 6.78. The molecular weight excluding hydrogens is 285 g/mol. The van der Waals surface area contributed by atoms with Crippen molar-refractivity contribution in [2.75, 3.05) is 33.3 Å². The van der Waals surface area contributed by atoms with E-state index in [4.69, 9.17) is 5.11 Å². The van der Waals surface area contributed by atoms with Gasteiger partial charge in [0.25, 0.3) is 10.2 Å². The Balaban J connectivity index is 2.63. The highest BCUT2D eigenvalue weighted by Crippen LogP contribution is 2.23. The van der Waals surface area contributed by atoms with Crippen LogP contribution in [0.3, 0.4) is 0 Å². The van der Waals surface area contributed by atoms with E-state index < -0.39 is 29.4 Å². The van der Waals surface area contributed by atoms with E-state index in [9.17, 15) is 21.6 Å². The average molecular weight is 304 g/mol. The molecule has 0 saturated carbocycles. The van der Waals surface area contributed by atoms with Crippen LogP contribution in [-0.2, 0) is 10.2 Å². The summed E-state index contributed by atoms with van der Waals surface area (Å²) in [5, 5.41) is 9.04. The average Bonchev–Trinajstić information content (AvgIpc) is 2.35. The molecule has 0 aliphatic carbocycles. The Kier molecular flexibility index (Phi) is 5.60. The second kappa shape index (κ2) is 6.38. The molecule has 1 aliphatic heterocycles. The van der Waals surface area contributed by atoms with Crippen LogP contribution in [0.5, 0.6) is 0 Å². The van der Waals surface area contributed by atoms with Gasteiger partial charge in [0, 0.05) is 33.3 Å². The fourth-order valence-electron chi connectivity index (χ4n) is 1.98. The first-order chi connectivity index (χ1) is 8.66. The van der Waals surface area contributed by atoms with Gasteiger partial charge >= 0.3 is 6.18 Å². The van der Waals surface area contributed by atoms with Crippen LogP contribution in [0.2, 0.25) is 0 Å². The summed E-state index contributed by atoms with van der Waals surface area (Å²) in [4.78, 5) is 0. The standard InChI is InChI=1S/C10H19F3N2O3S/c1-14(6-4-10(11,12)13)19(17,18)15-5-2-3-9(7-15)8-16/h9,16H,2-8H2,1H3. The normalized spacial score (nSPS) is 22.9. The fourth-order valence-corrected chi connectivity index (χ4v) is 3.46. The van der Waals surface area contributed by atoms with E-state index in [1.165, 1.54) is 0 Å². The van der Waals surface area contributed by atoms with E-state index in [1.807, 2.05) is 0 Å². The molecule has 0 aromatic rings. The number of aliphatic hydroxyl groups excluding tert-OH is 1. The van der Waals surface area contributed by atoms with Gasteiger partial charge in [-0.1, -0.05) is 0 Å². The molecule has 0 aromatic carbocycles. The van der Waals surface area contributed by atoms with E-state index in [0.717, 1.165) is 22.1 Å². The van der Waals surface area contributed by atoms with Gasteiger partial charge in [-0.2, -0.15) is 30.2 Å². The van der Waals surface area contributed by atoms with Crippen molar-refractivity contribution in [3.8, 4) is 0 Å². The molecule has 114 valence electrons. The number of piperidine rings is 1. The van der Waals surface area contributed by atoms with Crippen molar-refractivity contribution < 1.29 is 26.7 Å². The minimum atomic E-state index is -4.38. The number of rotatable bonds is 5. The first-order valence-corrected chi connectivity index (χ1v) is 7.45. The van der Waals surface area contributed by atoms with Gasteiger partial charge in [-0.05, 0) is 18.8 Å². The monoisotopic (exact) mass is 304 g/mol. The lowest BCUT2D eigenvalue weighted by Crippen LogP contribution is -2.47. The van der Waals surface area contributed by atoms with Crippen LogP contribution < -0.4 is 0 Å². The Morgan fingerprint density at radius 2 is 2.05 bits per heavy atom. The van der Waals surface area contributed by atoms with Crippen LogP contribution >= 0.6 is 0 Å². The largest absolute Gasteiger partial charge is 0.396 e. The molecule has 5 nitrogen and oxygen atoms in total. The smallest absolute Gasteiger partial charge is 0.390 e. The van der Waals surface area contributed by atoms with Crippen molar-refractivity contribution in [2.45, 2.75) is 25.4 Å². The van der Waals surface area contributed by atoms with Crippen molar-refractivity contribution >= 4 is 10.2 Å². The molecule has 9 heteroatoms. The number of hydrogen-bond donors (Lipinski definition) is 1. The summed E-state index contributed by atoms with van der Waals surface area (Å²) in [6.07, 6.45) is -4.20. The zero-order valence-electron chi connectivity index (χ0n) is 10.7. The number of hydrogen-bond acceptors (Lipinski definition) is 3. The predicted octanol–water partition coefficient (Wildman–Crippen LogP) is 0.820. The zero-order chi connectivity index (χ0) is 14.7. The summed E-state index contributed by atoms with van der Waals surface area (Å²) in [5.74, 6) is -0.139. The van der Waals surface area contributed by atoms with Gasteiger partial charge in [-0.25, -0.2) is 0 Å². The van der Waals surface area contributed by atoms with Crippen LogP contribution in [-0.4, -0.2) is 61.6 Å². The van der Waals surface area contributed by atoms with Crippen molar-refractivity contribution in [1.29, 1.82) is 0 Å². The summed E-state index contributed by atoms with van der Waals surface area (Å²) in [6, 6.07) is 0. The van der Waals surface area contributed by atoms with Crippen LogP contribution in [0.25, 0.3) is 0 Å². The maximum atomic E-state index is 12.1. The SMILES string of the molecule is CN(CCC(F)(F)F)S(=O)(=O)N1CCCC(CO)C1. The zero-order valence-corrected chi connectivity index (χ0v) is 11.5. The van der Waals surface area contributed by atoms with Gasteiger partial charge in [0.05, 0.1) is 6.42 Å². The molecule has 1 atom stereocenters. The van der Waals surface area contributed by atoms with E-state index >= 15 is 0 Å². The van der Waals surface area contributed by atoms with Crippen LogP contribution in [0.15, 0.2) is 0 Å². The molecule has 0 bridgehead atoms. The van der Waals surface area contributed by atoms with Gasteiger partial charge < -0.3 is 5.11 Å². The van der Waals surface area contributed by atoms with Gasteiger partial charge in [0.15, 0.2) is 0 Å². The predicted molar refractivity (Wildman–Crippen MR) is 63.6 cm³/mol. The second-order valence-electron chi connectivity index (χ2n) is 4.74. The third-order valence-corrected chi connectivity index (χ3v) is 5.12. The first kappa shape index (κ1) is 16.7. The van der Waals surface area contributed by atoms with E-state index in [2.05, 4.69) is 0 Å². The molecular formula is C10H19F3N2O3S. The first-order valence-electron chi connectivity index (χ1n) is 6.06. The quantitative estimate of drug-likeness (QED) is 0.818. The topological polar surface area (TPSA) is 60.9 Å². The highest BCUT2D eigenvalue weighted by Gasteiger charge is 2.34. The van der Waals surface area contributed by atoms with Crippen LogP contribution in [0, 0.1) is 5.92 Å². The Bertz CT molecular complexity index is 386. The minimum Gasteiger partial charge on any atom is -0.396 e. The molecule has 1 heterocycles. The lowest BCUT2D eigenvalue weighted by molar-refractivity contribution is -0.135. The van der Waals surface area contributed by atoms with Gasteiger partial charge in [0.2, 0.25) is 0 Å². The fraction of sp³-hybridized carbons (Fsp3) is 1.00. The number of nitrogens with zero attached hydrogens (tertiary/aromatic N) is 2. The van der Waals surface area contributed by atoms with Crippen molar-refractivity contribution in [2.24, 2.45) is 5.92 Å². The molecule has 0 spiro atoms. The third-order valence-electron chi connectivity index (χ3n) is 3.17. The molecule has 1 rings (SSSR count). The van der Waals surface area contributed by atoms with Crippen molar-refractivity contribution in [3.63, 3.8) is 0 Å². The highest BCUT2D eigenvalue weighted by molar-refractivity contribution is 7.86. The number of halogens is 3. The summed E-state index contributed by atoms with van der Waals surface area (Å²) in [5.41, 5.74) is 0. The highest BCUT2D eigenvalue weighted by atomic mass is 32.2. The Labute approximate surface area is 111 Å². The van der Waals surface area contributed by atoms with E-state index in [-0.39, 0.29) is 25.6 Å². The molecule has 0 radical (unpaired) electrons. The number of alkyl halides is 3. The maximum Gasteiger partial charge on any atom is 0.390 e. The molecule has 0 aromatic heterocycles. The Morgan fingerprint density at radius 3 is 2.58 bits per heavy atom. The summed E-state index contributed by atoms with van der Waals surface area (Å²) >= 11 is 0. The molecule has 1 fully saturated rings. The molecule has 19 heavy (non-hydrogen) atoms. The van der Waals surface area contributed by atoms with E-state index in [1.54, 1.807) is 0 Å². The summed E-state index contributed by atoms with van der Waals surface area (Å²) < 4.78 is 62.3. The molecule has 0 amide bonds. The maximum absolute atomic E-state index is 12.1. The van der Waals surface area contributed by atoms with Crippen LogP contribution in [0.4, 0.5) is 13.2 Å². The van der Waals surface area contributed by atoms with Gasteiger partial charge in [-0.15, -0.1) is 0 Å². The lowest BCUT2D eigenvalue weighted by Gasteiger charge is -2.33. The number of aliphatic hydroxyl groups is 1. The minimum absolute atomic E-state index is 0.113. The van der Waals surface area contributed by atoms with E-state index in [0.29, 0.717) is 6.42 Å². The van der Waals surface area contributed by atoms with Gasteiger partial charge in [0.1, 0.15) is 0 Å². The molecule has 1 saturated heterocycles.